The van der Waals surface area contributed by atoms with Crippen molar-refractivity contribution in [1.29, 1.82) is 0 Å². The van der Waals surface area contributed by atoms with Gasteiger partial charge in [-0.1, -0.05) is 6.07 Å². The van der Waals surface area contributed by atoms with E-state index in [0.29, 0.717) is 43.2 Å². The molecule has 0 aliphatic carbocycles. The number of nitrogens with zero attached hydrogens (tertiary/aromatic N) is 2. The second-order valence-corrected chi connectivity index (χ2v) is 6.84. The molecule has 1 heterocycles. The molecule has 2 aromatic rings. The molecule has 2 amide bonds. The summed E-state index contributed by atoms with van der Waals surface area (Å²) in [6.45, 7) is 3.42. The molecule has 2 aromatic carbocycles. The Labute approximate surface area is 169 Å². The number of phenolic OH excluding ortho intramolecular Hbond substituents is 1. The maximum absolute atomic E-state index is 12.8. The summed E-state index contributed by atoms with van der Waals surface area (Å²) in [7, 11) is 1.41. The summed E-state index contributed by atoms with van der Waals surface area (Å²) in [5.74, 6) is 0.292. The summed E-state index contributed by atoms with van der Waals surface area (Å²) in [6.07, 6.45) is 0. The molecule has 8 heteroatoms. The van der Waals surface area contributed by atoms with Crippen LogP contribution in [0.15, 0.2) is 36.4 Å². The first-order valence-electron chi connectivity index (χ1n) is 9.32. The monoisotopic (exact) mass is 399 g/mol. The summed E-state index contributed by atoms with van der Waals surface area (Å²) in [5.41, 5.74) is 7.65. The summed E-state index contributed by atoms with van der Waals surface area (Å²) < 4.78 is 10.7. The molecule has 1 saturated heterocycles. The number of rotatable bonds is 5. The van der Waals surface area contributed by atoms with Crippen LogP contribution in [0.1, 0.15) is 15.9 Å². The number of aryl methyl sites for hydroxylation is 1. The maximum Gasteiger partial charge on any atom is 0.260 e. The first kappa shape index (κ1) is 20.3. The molecule has 0 atom stereocenters. The number of piperazine rings is 1. The Balaban J connectivity index is 1.54. The minimum atomic E-state index is -0.238. The van der Waals surface area contributed by atoms with Gasteiger partial charge in [0, 0.05) is 31.9 Å². The molecule has 1 fully saturated rings. The average Bonchev–Trinajstić information content (AvgIpc) is 2.73. The van der Waals surface area contributed by atoms with Crippen molar-refractivity contribution >= 4 is 17.5 Å². The number of nitrogens with two attached hydrogens (primary N) is 1. The molecule has 0 radical (unpaired) electrons. The highest BCUT2D eigenvalue weighted by Crippen LogP contribution is 2.30. The first-order valence-corrected chi connectivity index (χ1v) is 9.32. The number of aromatic hydroxyl groups is 1. The summed E-state index contributed by atoms with van der Waals surface area (Å²) in [6, 6.07) is 9.95. The topological polar surface area (TPSA) is 105 Å². The number of carbonyl (C=O) groups is 2. The lowest BCUT2D eigenvalue weighted by Crippen LogP contribution is -2.51. The number of carbonyl (C=O) groups excluding carboxylic acids is 2. The molecule has 29 heavy (non-hydrogen) atoms. The van der Waals surface area contributed by atoms with E-state index in [1.54, 1.807) is 40.1 Å². The zero-order valence-electron chi connectivity index (χ0n) is 16.6. The van der Waals surface area contributed by atoms with Crippen molar-refractivity contribution in [2.45, 2.75) is 6.92 Å². The number of nitrogen functional groups attached to an aromatic ring is 1. The first-order chi connectivity index (χ1) is 13.9. The number of benzene rings is 2. The molecule has 0 bridgehead atoms. The Morgan fingerprint density at radius 2 is 1.79 bits per heavy atom. The van der Waals surface area contributed by atoms with Gasteiger partial charge >= 0.3 is 0 Å². The molecule has 3 N–H and O–H groups in total. The van der Waals surface area contributed by atoms with Gasteiger partial charge in [0.15, 0.2) is 18.1 Å². The number of hydrogen-bond donors (Lipinski definition) is 2. The highest BCUT2D eigenvalue weighted by Gasteiger charge is 2.27. The molecule has 8 nitrogen and oxygen atoms in total. The molecule has 0 saturated carbocycles. The zero-order chi connectivity index (χ0) is 21.0. The van der Waals surface area contributed by atoms with E-state index in [-0.39, 0.29) is 29.9 Å². The molecule has 0 aromatic heterocycles. The predicted molar refractivity (Wildman–Crippen MR) is 108 cm³/mol. The van der Waals surface area contributed by atoms with Crippen LogP contribution in [0, 0.1) is 6.92 Å². The highest BCUT2D eigenvalue weighted by atomic mass is 16.5. The van der Waals surface area contributed by atoms with Crippen molar-refractivity contribution < 1.29 is 24.2 Å². The molecular weight excluding hydrogens is 374 g/mol. The van der Waals surface area contributed by atoms with Gasteiger partial charge in [-0.25, -0.2) is 0 Å². The van der Waals surface area contributed by atoms with E-state index in [9.17, 15) is 14.7 Å². The fourth-order valence-corrected chi connectivity index (χ4v) is 3.21. The van der Waals surface area contributed by atoms with E-state index >= 15 is 0 Å². The Kier molecular flexibility index (Phi) is 6.11. The third kappa shape index (κ3) is 4.53. The summed E-state index contributed by atoms with van der Waals surface area (Å²) in [4.78, 5) is 28.5. The molecule has 1 aliphatic heterocycles. The SMILES string of the molecule is COc1c(O)cccc1C(=O)N1CCN(C(=O)COc2ccc(N)c(C)c2)CC1. The number of methoxy groups -OCH3 is 1. The van der Waals surface area contributed by atoms with Crippen molar-refractivity contribution in [3.05, 3.63) is 47.5 Å². The van der Waals surface area contributed by atoms with Gasteiger partial charge in [-0.3, -0.25) is 9.59 Å². The van der Waals surface area contributed by atoms with Gasteiger partial charge in [0.05, 0.1) is 12.7 Å². The molecule has 0 unspecified atom stereocenters. The quantitative estimate of drug-likeness (QED) is 0.741. The van der Waals surface area contributed by atoms with Gasteiger partial charge in [-0.05, 0) is 42.8 Å². The van der Waals surface area contributed by atoms with Crippen molar-refractivity contribution in [3.8, 4) is 17.2 Å². The van der Waals surface area contributed by atoms with Crippen LogP contribution >= 0.6 is 0 Å². The number of phenols is 1. The third-order valence-corrected chi connectivity index (χ3v) is 4.95. The van der Waals surface area contributed by atoms with Gasteiger partial charge in [-0.15, -0.1) is 0 Å². The second kappa shape index (κ2) is 8.72. The Bertz CT molecular complexity index is 907. The second-order valence-electron chi connectivity index (χ2n) is 6.84. The highest BCUT2D eigenvalue weighted by molar-refractivity contribution is 5.98. The molecule has 1 aliphatic rings. The predicted octanol–water partition coefficient (Wildman–Crippen LogP) is 1.65. The van der Waals surface area contributed by atoms with Crippen LogP contribution in [0.3, 0.4) is 0 Å². The van der Waals surface area contributed by atoms with Crippen LogP contribution in [0.25, 0.3) is 0 Å². The van der Waals surface area contributed by atoms with E-state index in [2.05, 4.69) is 0 Å². The number of ether oxygens (including phenoxy) is 2. The molecule has 154 valence electrons. The fraction of sp³-hybridized carbons (Fsp3) is 0.333. The normalized spacial score (nSPS) is 13.9. The lowest BCUT2D eigenvalue weighted by Gasteiger charge is -2.35. The number of amides is 2. The van der Waals surface area contributed by atoms with Crippen molar-refractivity contribution in [2.24, 2.45) is 0 Å². The van der Waals surface area contributed by atoms with Gasteiger partial charge in [0.25, 0.3) is 11.8 Å². The minimum Gasteiger partial charge on any atom is -0.504 e. The number of para-hydroxylation sites is 1. The summed E-state index contributed by atoms with van der Waals surface area (Å²) in [5, 5.41) is 9.87. The fourth-order valence-electron chi connectivity index (χ4n) is 3.21. The van der Waals surface area contributed by atoms with E-state index in [1.165, 1.54) is 13.2 Å². The van der Waals surface area contributed by atoms with E-state index in [0.717, 1.165) is 5.56 Å². The lowest BCUT2D eigenvalue weighted by molar-refractivity contribution is -0.134. The smallest absolute Gasteiger partial charge is 0.260 e. The number of anilines is 1. The number of hydrogen-bond acceptors (Lipinski definition) is 6. The molecule has 3 rings (SSSR count). The summed E-state index contributed by atoms with van der Waals surface area (Å²) >= 11 is 0. The van der Waals surface area contributed by atoms with Crippen molar-refractivity contribution in [1.82, 2.24) is 9.80 Å². The lowest BCUT2D eigenvalue weighted by atomic mass is 10.1. The van der Waals surface area contributed by atoms with Gasteiger partial charge < -0.3 is 30.1 Å². The van der Waals surface area contributed by atoms with Crippen LogP contribution in [-0.4, -0.2) is 66.6 Å². The van der Waals surface area contributed by atoms with Crippen molar-refractivity contribution in [3.63, 3.8) is 0 Å². The van der Waals surface area contributed by atoms with Gasteiger partial charge in [0.2, 0.25) is 0 Å². The standard InChI is InChI=1S/C21H25N3O5/c1-14-12-15(6-7-17(14)22)29-13-19(26)23-8-10-24(11-9-23)21(27)16-4-3-5-18(25)20(16)28-2/h3-7,12,25H,8-11,13,22H2,1-2H3. The van der Waals surface area contributed by atoms with Gasteiger partial charge in [0.1, 0.15) is 5.75 Å². The minimum absolute atomic E-state index is 0.0717. The van der Waals surface area contributed by atoms with Crippen LogP contribution in [0.2, 0.25) is 0 Å². The van der Waals surface area contributed by atoms with Crippen molar-refractivity contribution in [2.75, 3.05) is 45.6 Å². The molecular formula is C21H25N3O5. The molecule has 0 spiro atoms. The van der Waals surface area contributed by atoms with E-state index in [4.69, 9.17) is 15.2 Å². The van der Waals surface area contributed by atoms with E-state index < -0.39 is 0 Å². The average molecular weight is 399 g/mol. The van der Waals surface area contributed by atoms with Crippen LogP contribution in [0.4, 0.5) is 5.69 Å². The van der Waals surface area contributed by atoms with E-state index in [1.807, 2.05) is 6.92 Å². The maximum atomic E-state index is 12.8. The Morgan fingerprint density at radius 3 is 2.45 bits per heavy atom. The van der Waals surface area contributed by atoms with Crippen LogP contribution < -0.4 is 15.2 Å². The largest absolute Gasteiger partial charge is 0.504 e. The van der Waals surface area contributed by atoms with Crippen LogP contribution in [0.5, 0.6) is 17.2 Å². The Hall–Kier alpha value is -3.42. The van der Waals surface area contributed by atoms with Crippen LogP contribution in [-0.2, 0) is 4.79 Å². The Morgan fingerprint density at radius 1 is 1.10 bits per heavy atom. The zero-order valence-corrected chi connectivity index (χ0v) is 16.6. The third-order valence-electron chi connectivity index (χ3n) is 4.95. The van der Waals surface area contributed by atoms with Gasteiger partial charge in [-0.2, -0.15) is 0 Å².